The summed E-state index contributed by atoms with van der Waals surface area (Å²) >= 11 is 0. The lowest BCUT2D eigenvalue weighted by Crippen LogP contribution is -2.42. The highest BCUT2D eigenvalue weighted by Gasteiger charge is 2.31. The van der Waals surface area contributed by atoms with Crippen LogP contribution in [0.5, 0.6) is 0 Å². The third-order valence-electron chi connectivity index (χ3n) is 6.19. The van der Waals surface area contributed by atoms with Crippen molar-refractivity contribution in [1.29, 1.82) is 0 Å². The first-order valence-corrected chi connectivity index (χ1v) is 10.7. The van der Waals surface area contributed by atoms with Gasteiger partial charge in [0, 0.05) is 12.5 Å². The summed E-state index contributed by atoms with van der Waals surface area (Å²) < 4.78 is 11.6. The Balaban J connectivity index is 1.26. The summed E-state index contributed by atoms with van der Waals surface area (Å²) in [4.78, 5) is 25.6. The van der Waals surface area contributed by atoms with E-state index in [1.807, 2.05) is 24.3 Å². The maximum Gasteiger partial charge on any atom is 0.409 e. The Morgan fingerprint density at radius 3 is 2.19 bits per heavy atom. The number of carbonyl (C=O) groups is 2. The molecule has 1 aliphatic carbocycles. The van der Waals surface area contributed by atoms with E-state index < -0.39 is 5.97 Å². The first-order valence-electron chi connectivity index (χ1n) is 10.7. The second-order valence-corrected chi connectivity index (χ2v) is 8.04. The summed E-state index contributed by atoms with van der Waals surface area (Å²) in [5.41, 5.74) is 5.81. The second-order valence-electron chi connectivity index (χ2n) is 8.04. The van der Waals surface area contributed by atoms with E-state index in [-0.39, 0.29) is 30.3 Å². The highest BCUT2D eigenvalue weighted by atomic mass is 16.6. The number of aromatic carboxylic acids is 1. The van der Waals surface area contributed by atoms with Crippen molar-refractivity contribution in [3.05, 3.63) is 95.1 Å². The molecule has 32 heavy (non-hydrogen) atoms. The molecular weight excluding hydrogens is 406 g/mol. The minimum Gasteiger partial charge on any atom is -0.478 e. The zero-order valence-electron chi connectivity index (χ0n) is 17.4. The van der Waals surface area contributed by atoms with E-state index in [1.165, 1.54) is 22.3 Å². The fraction of sp³-hybridized carbons (Fsp3) is 0.231. The van der Waals surface area contributed by atoms with Crippen molar-refractivity contribution < 1.29 is 24.2 Å². The van der Waals surface area contributed by atoms with Gasteiger partial charge in [0.15, 0.2) is 0 Å². The van der Waals surface area contributed by atoms with Crippen molar-refractivity contribution in [3.8, 4) is 11.1 Å². The van der Waals surface area contributed by atoms with Gasteiger partial charge < -0.3 is 19.5 Å². The van der Waals surface area contributed by atoms with Crippen LogP contribution >= 0.6 is 0 Å². The average Bonchev–Trinajstić information content (AvgIpc) is 3.16. The van der Waals surface area contributed by atoms with Gasteiger partial charge in [-0.15, -0.1) is 0 Å². The minimum absolute atomic E-state index is 0.0201. The van der Waals surface area contributed by atoms with Crippen LogP contribution in [-0.2, 0) is 9.47 Å². The number of carbonyl (C=O) groups excluding carboxylic acids is 1. The molecule has 0 spiro atoms. The number of benzene rings is 3. The molecule has 1 saturated heterocycles. The average molecular weight is 429 g/mol. The number of fused-ring (bicyclic) bond motifs is 3. The van der Waals surface area contributed by atoms with Crippen LogP contribution in [-0.4, -0.2) is 48.4 Å². The zero-order chi connectivity index (χ0) is 22.1. The van der Waals surface area contributed by atoms with Crippen LogP contribution in [0.4, 0.5) is 4.79 Å². The molecule has 6 heteroatoms. The van der Waals surface area contributed by atoms with Crippen molar-refractivity contribution in [2.75, 3.05) is 26.3 Å². The predicted molar refractivity (Wildman–Crippen MR) is 119 cm³/mol. The van der Waals surface area contributed by atoms with E-state index >= 15 is 0 Å². The molecule has 1 N–H and O–H groups in total. The molecule has 6 nitrogen and oxygen atoms in total. The molecule has 0 radical (unpaired) electrons. The Labute approximate surface area is 186 Å². The number of nitrogens with zero attached hydrogens (tertiary/aromatic N) is 1. The van der Waals surface area contributed by atoms with Crippen LogP contribution in [0, 0.1) is 0 Å². The van der Waals surface area contributed by atoms with E-state index in [0.29, 0.717) is 19.7 Å². The molecule has 2 aliphatic rings. The van der Waals surface area contributed by atoms with Crippen molar-refractivity contribution in [3.63, 3.8) is 0 Å². The molecule has 1 atom stereocenters. The van der Waals surface area contributed by atoms with Gasteiger partial charge in [-0.25, -0.2) is 9.59 Å². The van der Waals surface area contributed by atoms with Crippen LogP contribution < -0.4 is 0 Å². The second kappa shape index (κ2) is 8.48. The lowest BCUT2D eigenvalue weighted by atomic mass is 9.98. The lowest BCUT2D eigenvalue weighted by molar-refractivity contribution is -0.0288. The van der Waals surface area contributed by atoms with Crippen molar-refractivity contribution >= 4 is 12.1 Å². The standard InChI is InChI=1S/C26H23NO5/c28-25(29)18-11-9-17(10-12-18)24-15-27(13-14-31-24)26(30)32-16-23-21-7-3-1-5-19(21)20-6-2-4-8-22(20)23/h1-12,23-24H,13-16H2,(H,28,29)/t24-/m1/s1. The fourth-order valence-electron chi connectivity index (χ4n) is 4.54. The van der Waals surface area contributed by atoms with Crippen LogP contribution in [0.2, 0.25) is 0 Å². The topological polar surface area (TPSA) is 76.1 Å². The quantitative estimate of drug-likeness (QED) is 0.650. The molecule has 3 aromatic carbocycles. The van der Waals surface area contributed by atoms with Crippen LogP contribution in [0.1, 0.15) is 39.1 Å². The highest BCUT2D eigenvalue weighted by Crippen LogP contribution is 2.44. The maximum absolute atomic E-state index is 12.9. The van der Waals surface area contributed by atoms with E-state index in [2.05, 4.69) is 24.3 Å². The highest BCUT2D eigenvalue weighted by molar-refractivity contribution is 5.87. The smallest absolute Gasteiger partial charge is 0.409 e. The number of morpholine rings is 1. The lowest BCUT2D eigenvalue weighted by Gasteiger charge is -2.32. The normalized spacial score (nSPS) is 17.5. The number of carboxylic acid groups (broad SMARTS) is 1. The molecule has 1 heterocycles. The molecule has 0 saturated carbocycles. The summed E-state index contributed by atoms with van der Waals surface area (Å²) in [5.74, 6) is -0.951. The first kappa shape index (κ1) is 20.3. The van der Waals surface area contributed by atoms with Gasteiger partial charge in [-0.05, 0) is 39.9 Å². The van der Waals surface area contributed by atoms with Crippen molar-refractivity contribution in [2.45, 2.75) is 12.0 Å². The Bertz CT molecular complexity index is 1110. The summed E-state index contributed by atoms with van der Waals surface area (Å²) in [6.45, 7) is 1.50. The largest absolute Gasteiger partial charge is 0.478 e. The van der Waals surface area contributed by atoms with Gasteiger partial charge in [0.25, 0.3) is 0 Å². The molecule has 0 bridgehead atoms. The van der Waals surface area contributed by atoms with Crippen LogP contribution in [0.15, 0.2) is 72.8 Å². The van der Waals surface area contributed by atoms with Crippen LogP contribution in [0.3, 0.4) is 0 Å². The Hall–Kier alpha value is -3.64. The molecule has 5 rings (SSSR count). The van der Waals surface area contributed by atoms with Gasteiger partial charge in [0.05, 0.1) is 18.7 Å². The van der Waals surface area contributed by atoms with E-state index in [9.17, 15) is 9.59 Å². The first-order chi connectivity index (χ1) is 15.6. The summed E-state index contributed by atoms with van der Waals surface area (Å²) in [7, 11) is 0. The summed E-state index contributed by atoms with van der Waals surface area (Å²) in [6.07, 6.45) is -0.672. The Morgan fingerprint density at radius 1 is 0.938 bits per heavy atom. The molecule has 1 fully saturated rings. The SMILES string of the molecule is O=C(O)c1ccc([C@H]2CN(C(=O)OCC3c4ccccc4-c4ccccc43)CCO2)cc1. The zero-order valence-corrected chi connectivity index (χ0v) is 17.4. The number of ether oxygens (including phenoxy) is 2. The van der Waals surface area contributed by atoms with Gasteiger partial charge >= 0.3 is 12.1 Å². The number of carboxylic acids is 1. The van der Waals surface area contributed by atoms with Gasteiger partial charge in [-0.2, -0.15) is 0 Å². The third kappa shape index (κ3) is 3.74. The Kier molecular flexibility index (Phi) is 5.37. The van der Waals surface area contributed by atoms with Crippen LogP contribution in [0.25, 0.3) is 11.1 Å². The minimum atomic E-state index is -0.971. The van der Waals surface area contributed by atoms with E-state index in [0.717, 1.165) is 5.56 Å². The van der Waals surface area contributed by atoms with Gasteiger partial charge in [0.2, 0.25) is 0 Å². The molecule has 1 amide bonds. The number of hydrogen-bond donors (Lipinski definition) is 1. The monoisotopic (exact) mass is 429 g/mol. The molecule has 0 unspecified atom stereocenters. The van der Waals surface area contributed by atoms with E-state index in [4.69, 9.17) is 14.6 Å². The Morgan fingerprint density at radius 2 is 1.56 bits per heavy atom. The van der Waals surface area contributed by atoms with Gasteiger partial charge in [0.1, 0.15) is 12.7 Å². The van der Waals surface area contributed by atoms with Gasteiger partial charge in [-0.1, -0.05) is 60.7 Å². The van der Waals surface area contributed by atoms with Crippen molar-refractivity contribution in [1.82, 2.24) is 4.90 Å². The summed E-state index contributed by atoms with van der Waals surface area (Å²) in [5, 5.41) is 9.07. The van der Waals surface area contributed by atoms with Crippen molar-refractivity contribution in [2.24, 2.45) is 0 Å². The maximum atomic E-state index is 12.9. The number of rotatable bonds is 4. The molecule has 1 aliphatic heterocycles. The number of amides is 1. The fourth-order valence-corrected chi connectivity index (χ4v) is 4.54. The molecule has 3 aromatic rings. The predicted octanol–water partition coefficient (Wildman–Crippen LogP) is 4.71. The molecule has 162 valence electrons. The molecule has 0 aromatic heterocycles. The third-order valence-corrected chi connectivity index (χ3v) is 6.19. The van der Waals surface area contributed by atoms with E-state index in [1.54, 1.807) is 29.2 Å². The number of hydrogen-bond acceptors (Lipinski definition) is 4. The summed E-state index contributed by atoms with van der Waals surface area (Å²) in [6, 6.07) is 23.1. The van der Waals surface area contributed by atoms with Gasteiger partial charge in [-0.3, -0.25) is 0 Å². The molecular formula is C26H23NO5.